The van der Waals surface area contributed by atoms with Gasteiger partial charge in [0.1, 0.15) is 0 Å². The number of nitrogens with one attached hydrogen (secondary N) is 2. The molecular formula is C5H6ClN3. The molecule has 0 saturated carbocycles. The van der Waals surface area contributed by atoms with E-state index in [9.17, 15) is 0 Å². The molecular weight excluding hydrogens is 138 g/mol. The van der Waals surface area contributed by atoms with Gasteiger partial charge in [-0.05, 0) is 18.5 Å². The second-order valence-corrected chi connectivity index (χ2v) is 1.73. The fourth-order valence-corrected chi connectivity index (χ4v) is 0.487. The lowest BCUT2D eigenvalue weighted by Gasteiger charge is -1.90. The van der Waals surface area contributed by atoms with E-state index in [-0.39, 0.29) is 5.28 Å². The number of H-pyrrole nitrogens is 1. The lowest BCUT2D eigenvalue weighted by molar-refractivity contribution is 1.000. The smallest absolute Gasteiger partial charge is 0.201 e. The van der Waals surface area contributed by atoms with Crippen LogP contribution >= 0.6 is 11.6 Å². The molecule has 0 fully saturated rings. The Balaban J connectivity index is 3.47. The van der Waals surface area contributed by atoms with Crippen LogP contribution in [0.3, 0.4) is 0 Å². The first kappa shape index (κ1) is 2.84. The lowest BCUT2D eigenvalue weighted by atomic mass is 10.4. The number of hydrogen-bond donors (Lipinski definition) is 2. The zero-order valence-electron chi connectivity index (χ0n) is 8.33. The van der Waals surface area contributed by atoms with Gasteiger partial charge in [-0.2, -0.15) is 0 Å². The molecule has 1 heterocycles. The molecule has 0 spiro atoms. The van der Waals surface area contributed by atoms with Crippen molar-refractivity contribution in [3.8, 4) is 0 Å². The van der Waals surface area contributed by atoms with Gasteiger partial charge in [0.2, 0.25) is 5.28 Å². The van der Waals surface area contributed by atoms with E-state index in [4.69, 9.17) is 22.5 Å². The van der Waals surface area contributed by atoms with Crippen LogP contribution in [-0.2, 0) is 0 Å². The maximum absolute atomic E-state index is 7.25. The van der Waals surface area contributed by atoms with E-state index in [0.29, 0.717) is 0 Å². The van der Waals surface area contributed by atoms with Crippen molar-refractivity contribution < 1.29 is 5.48 Å². The minimum atomic E-state index is -2.51. The zero-order chi connectivity index (χ0) is 10.2. The molecule has 0 aromatic carbocycles. The van der Waals surface area contributed by atoms with Gasteiger partial charge in [-0.1, -0.05) is 0 Å². The molecule has 0 saturated heterocycles. The van der Waals surface area contributed by atoms with Crippen LogP contribution in [-0.4, -0.2) is 9.97 Å². The minimum absolute atomic E-state index is 0.164. The highest BCUT2D eigenvalue weighted by atomic mass is 35.5. The van der Waals surface area contributed by atoms with Crippen molar-refractivity contribution in [2.45, 2.75) is 6.85 Å². The fraction of sp³-hybridized carbons (Fsp3) is 0.200. The molecule has 9 heavy (non-hydrogen) atoms. The first-order valence-electron chi connectivity index (χ1n) is 4.14. The SMILES string of the molecule is [2H]c1[nH]c(Cl)nc(=N)c1C([2H])([2H])[2H]. The van der Waals surface area contributed by atoms with Gasteiger partial charge in [0, 0.05) is 15.8 Å². The van der Waals surface area contributed by atoms with Gasteiger partial charge < -0.3 is 4.98 Å². The van der Waals surface area contributed by atoms with E-state index in [1.54, 1.807) is 0 Å². The van der Waals surface area contributed by atoms with Crippen LogP contribution in [0.5, 0.6) is 0 Å². The van der Waals surface area contributed by atoms with Crippen LogP contribution in [0.4, 0.5) is 0 Å². The summed E-state index contributed by atoms with van der Waals surface area (Å²) in [6.45, 7) is -2.51. The standard InChI is InChI=1S/C5H6ClN3/c1-3-2-8-5(6)9-4(3)7/h2H,1H3,(H2,7,8,9)/i1D3,2D. The van der Waals surface area contributed by atoms with E-state index in [0.717, 1.165) is 0 Å². The Morgan fingerprint density at radius 3 is 3.44 bits per heavy atom. The number of rotatable bonds is 0. The Bertz CT molecular complexity index is 382. The summed E-state index contributed by atoms with van der Waals surface area (Å²) in [5.41, 5.74) is -0.911. The third-order valence-electron chi connectivity index (χ3n) is 0.737. The molecule has 48 valence electrons. The molecule has 4 heteroatoms. The Kier molecular flexibility index (Phi) is 0.689. The Morgan fingerprint density at radius 2 is 2.89 bits per heavy atom. The fourth-order valence-electron chi connectivity index (χ4n) is 0.355. The maximum atomic E-state index is 7.25. The summed E-state index contributed by atoms with van der Waals surface area (Å²) in [5, 5.41) is 7.05. The number of aromatic amines is 1. The number of aromatic nitrogens is 2. The van der Waals surface area contributed by atoms with E-state index in [2.05, 4.69) is 9.97 Å². The molecule has 1 aromatic heterocycles. The van der Waals surface area contributed by atoms with Crippen LogP contribution in [0.2, 0.25) is 5.28 Å². The summed E-state index contributed by atoms with van der Waals surface area (Å²) in [7, 11) is 0. The highest BCUT2D eigenvalue weighted by Gasteiger charge is 1.89. The number of nitrogens with zero attached hydrogens (tertiary/aromatic N) is 1. The third-order valence-corrected chi connectivity index (χ3v) is 0.916. The predicted octanol–water partition coefficient (Wildman–Crippen LogP) is 0.851. The Morgan fingerprint density at radius 1 is 2.11 bits per heavy atom. The van der Waals surface area contributed by atoms with Crippen molar-refractivity contribution in [2.75, 3.05) is 0 Å². The predicted molar refractivity (Wildman–Crippen MR) is 34.2 cm³/mol. The van der Waals surface area contributed by atoms with Crippen molar-refractivity contribution in [1.29, 1.82) is 5.41 Å². The largest absolute Gasteiger partial charge is 0.337 e. The van der Waals surface area contributed by atoms with Crippen molar-refractivity contribution in [1.82, 2.24) is 9.97 Å². The van der Waals surface area contributed by atoms with E-state index >= 15 is 0 Å². The van der Waals surface area contributed by atoms with Gasteiger partial charge in [-0.15, -0.1) is 0 Å². The molecule has 1 rings (SSSR count). The molecule has 0 radical (unpaired) electrons. The molecule has 0 amide bonds. The van der Waals surface area contributed by atoms with Gasteiger partial charge in [0.25, 0.3) is 0 Å². The topological polar surface area (TPSA) is 52.5 Å². The average molecular weight is 148 g/mol. The van der Waals surface area contributed by atoms with Crippen LogP contribution in [0.15, 0.2) is 6.17 Å². The van der Waals surface area contributed by atoms with E-state index < -0.39 is 24.1 Å². The molecule has 2 N–H and O–H groups in total. The monoisotopic (exact) mass is 147 g/mol. The second-order valence-electron chi connectivity index (χ2n) is 1.38. The van der Waals surface area contributed by atoms with Crippen LogP contribution < -0.4 is 5.49 Å². The quantitative estimate of drug-likeness (QED) is 0.526. The summed E-state index contributed by atoms with van der Waals surface area (Å²) in [6, 6.07) is 0. The summed E-state index contributed by atoms with van der Waals surface area (Å²) in [4.78, 5) is 5.62. The van der Waals surface area contributed by atoms with Crippen LogP contribution in [0.1, 0.15) is 11.0 Å². The first-order valence-corrected chi connectivity index (χ1v) is 2.51. The highest BCUT2D eigenvalue weighted by molar-refractivity contribution is 6.28. The highest BCUT2D eigenvalue weighted by Crippen LogP contribution is 1.92. The van der Waals surface area contributed by atoms with Gasteiger partial charge in [-0.3, -0.25) is 5.41 Å². The number of hydrogen-bond acceptors (Lipinski definition) is 2. The minimum Gasteiger partial charge on any atom is -0.337 e. The lowest BCUT2D eigenvalue weighted by Crippen LogP contribution is -2.09. The molecule has 0 bridgehead atoms. The van der Waals surface area contributed by atoms with Crippen molar-refractivity contribution >= 4 is 11.6 Å². The summed E-state index contributed by atoms with van der Waals surface area (Å²) < 4.78 is 28.3. The van der Waals surface area contributed by atoms with E-state index in [1.165, 1.54) is 0 Å². The molecule has 0 aliphatic carbocycles. The maximum Gasteiger partial charge on any atom is 0.201 e. The zero-order valence-corrected chi connectivity index (χ0v) is 5.08. The van der Waals surface area contributed by atoms with Gasteiger partial charge in [0.05, 0.1) is 1.37 Å². The molecule has 1 aromatic rings. The molecule has 3 nitrogen and oxygen atoms in total. The molecule has 0 unspecified atom stereocenters. The van der Waals surface area contributed by atoms with Crippen molar-refractivity contribution in [3.63, 3.8) is 0 Å². The summed E-state index contributed by atoms with van der Waals surface area (Å²) >= 11 is 5.38. The van der Waals surface area contributed by atoms with Crippen LogP contribution in [0.25, 0.3) is 0 Å². The number of halogens is 1. The Labute approximate surface area is 62.8 Å². The molecule has 0 atom stereocenters. The second kappa shape index (κ2) is 2.19. The van der Waals surface area contributed by atoms with Gasteiger partial charge >= 0.3 is 0 Å². The molecule has 0 aliphatic rings. The van der Waals surface area contributed by atoms with E-state index in [1.807, 2.05) is 0 Å². The van der Waals surface area contributed by atoms with Gasteiger partial charge in [0.15, 0.2) is 5.49 Å². The Hall–Kier alpha value is -0.830. The summed E-state index contributed by atoms with van der Waals surface area (Å²) in [6.07, 6.45) is -0.398. The first-order chi connectivity index (χ1) is 5.82. The third kappa shape index (κ3) is 1.29. The molecule has 0 aliphatic heterocycles. The van der Waals surface area contributed by atoms with Crippen molar-refractivity contribution in [3.05, 3.63) is 22.5 Å². The van der Waals surface area contributed by atoms with Gasteiger partial charge in [-0.25, -0.2) is 4.98 Å². The normalized spacial score (nSPS) is 17.4. The van der Waals surface area contributed by atoms with Crippen LogP contribution in [0, 0.1) is 12.3 Å². The average Bonchev–Trinajstić information content (AvgIpc) is 1.78. The summed E-state index contributed by atoms with van der Waals surface area (Å²) in [5.74, 6) is 0. The van der Waals surface area contributed by atoms with Crippen molar-refractivity contribution in [2.24, 2.45) is 0 Å².